The summed E-state index contributed by atoms with van der Waals surface area (Å²) < 4.78 is 2.20. The highest BCUT2D eigenvalue weighted by atomic mass is 32.2. The first kappa shape index (κ1) is 21.7. The van der Waals surface area contributed by atoms with Crippen molar-refractivity contribution in [2.75, 3.05) is 22.5 Å². The van der Waals surface area contributed by atoms with Gasteiger partial charge in [-0.1, -0.05) is 42.1 Å². The van der Waals surface area contributed by atoms with Gasteiger partial charge in [0.2, 0.25) is 11.8 Å². The molecule has 8 heteroatoms. The monoisotopic (exact) mass is 461 g/mol. The Morgan fingerprint density at radius 1 is 1.06 bits per heavy atom. The second kappa shape index (κ2) is 9.79. The lowest BCUT2D eigenvalue weighted by Crippen LogP contribution is -2.23. The Balaban J connectivity index is 1.15. The van der Waals surface area contributed by atoms with Gasteiger partial charge >= 0.3 is 0 Å². The van der Waals surface area contributed by atoms with Gasteiger partial charge in [0.25, 0.3) is 0 Å². The molecule has 1 aromatic heterocycles. The third kappa shape index (κ3) is 5.27. The van der Waals surface area contributed by atoms with E-state index in [1.165, 1.54) is 18.4 Å². The first-order chi connectivity index (χ1) is 16.2. The predicted molar refractivity (Wildman–Crippen MR) is 130 cm³/mol. The van der Waals surface area contributed by atoms with Crippen LogP contribution in [0.2, 0.25) is 0 Å². The number of hydrogen-bond acceptors (Lipinski definition) is 5. The number of carbonyl (C=O) groups excluding carboxylic acids is 2. The fourth-order valence-corrected chi connectivity index (χ4v) is 4.95. The van der Waals surface area contributed by atoms with Crippen LogP contribution in [0.25, 0.3) is 0 Å². The van der Waals surface area contributed by atoms with E-state index in [1.807, 2.05) is 42.5 Å². The minimum absolute atomic E-state index is 0.0379. The van der Waals surface area contributed by atoms with Crippen LogP contribution in [0, 0.1) is 0 Å². The topological polar surface area (TPSA) is 80.1 Å². The molecule has 0 radical (unpaired) electrons. The predicted octanol–water partition coefficient (Wildman–Crippen LogP) is 4.45. The summed E-state index contributed by atoms with van der Waals surface area (Å²) >= 11 is 1.58. The van der Waals surface area contributed by atoms with E-state index in [0.29, 0.717) is 24.5 Å². The van der Waals surface area contributed by atoms with Crippen molar-refractivity contribution in [3.05, 3.63) is 66.0 Å². The van der Waals surface area contributed by atoms with Crippen molar-refractivity contribution in [3.8, 4) is 0 Å². The van der Waals surface area contributed by atoms with E-state index in [4.69, 9.17) is 0 Å². The maximum absolute atomic E-state index is 12.5. The van der Waals surface area contributed by atoms with E-state index in [-0.39, 0.29) is 11.8 Å². The van der Waals surface area contributed by atoms with Gasteiger partial charge in [0.15, 0.2) is 5.16 Å². The largest absolute Gasteiger partial charge is 0.326 e. The standard InChI is InChI=1S/C25H27N5O2S/c31-22(26-20-10-12-21(13-11-20)29-15-4-7-23(29)32)14-16-33-25-28-27-24(19-8-9-19)30(25)17-18-5-2-1-3-6-18/h1-3,5-6,10-13,19H,4,7-9,14-17H2,(H,26,31). The van der Waals surface area contributed by atoms with Crippen molar-refractivity contribution in [3.63, 3.8) is 0 Å². The minimum Gasteiger partial charge on any atom is -0.326 e. The minimum atomic E-state index is -0.0379. The van der Waals surface area contributed by atoms with Gasteiger partial charge in [0, 0.05) is 42.4 Å². The van der Waals surface area contributed by atoms with E-state index in [9.17, 15) is 9.59 Å². The molecule has 33 heavy (non-hydrogen) atoms. The Morgan fingerprint density at radius 2 is 1.85 bits per heavy atom. The van der Waals surface area contributed by atoms with Gasteiger partial charge in [-0.05, 0) is 49.1 Å². The van der Waals surface area contributed by atoms with Crippen LogP contribution in [0.5, 0.6) is 0 Å². The molecule has 0 spiro atoms. The second-order valence-corrected chi connectivity index (χ2v) is 9.59. The SMILES string of the molecule is O=C(CCSc1nnc(C2CC2)n1Cc1ccccc1)Nc1ccc(N2CCCC2=O)cc1. The molecule has 2 aliphatic rings. The number of thioether (sulfide) groups is 1. The Bertz CT molecular complexity index is 1130. The molecule has 2 fully saturated rings. The Kier molecular flexibility index (Phi) is 6.44. The number of nitrogens with one attached hydrogen (secondary N) is 1. The molecule has 1 aliphatic carbocycles. The third-order valence-electron chi connectivity index (χ3n) is 5.97. The molecule has 0 unspecified atom stereocenters. The molecular weight excluding hydrogens is 434 g/mol. The van der Waals surface area contributed by atoms with Gasteiger partial charge in [-0.15, -0.1) is 10.2 Å². The molecule has 0 atom stereocenters. The van der Waals surface area contributed by atoms with Crippen molar-refractivity contribution in [1.82, 2.24) is 14.8 Å². The molecule has 2 amide bonds. The lowest BCUT2D eigenvalue weighted by Gasteiger charge is -2.16. The van der Waals surface area contributed by atoms with Gasteiger partial charge in [0.05, 0.1) is 6.54 Å². The molecule has 1 N–H and O–H groups in total. The van der Waals surface area contributed by atoms with Gasteiger partial charge < -0.3 is 14.8 Å². The van der Waals surface area contributed by atoms with Crippen molar-refractivity contribution >= 4 is 35.0 Å². The van der Waals surface area contributed by atoms with Gasteiger partial charge in [0.1, 0.15) is 5.82 Å². The zero-order valence-corrected chi connectivity index (χ0v) is 19.3. The molecule has 1 saturated carbocycles. The second-order valence-electron chi connectivity index (χ2n) is 8.53. The summed E-state index contributed by atoms with van der Waals surface area (Å²) in [6.45, 7) is 1.51. The fraction of sp³-hybridized carbons (Fsp3) is 0.360. The Hall–Kier alpha value is -3.13. The summed E-state index contributed by atoms with van der Waals surface area (Å²) in [5.74, 6) is 2.32. The highest BCUT2D eigenvalue weighted by Crippen LogP contribution is 2.40. The molecule has 2 heterocycles. The molecule has 0 bridgehead atoms. The first-order valence-electron chi connectivity index (χ1n) is 11.5. The Morgan fingerprint density at radius 3 is 2.55 bits per heavy atom. The fourth-order valence-electron chi connectivity index (χ4n) is 4.07. The average molecular weight is 462 g/mol. The summed E-state index contributed by atoms with van der Waals surface area (Å²) in [5.41, 5.74) is 2.84. The number of rotatable bonds is 9. The molecule has 7 nitrogen and oxygen atoms in total. The van der Waals surface area contributed by atoms with E-state index in [2.05, 4.69) is 32.2 Å². The van der Waals surface area contributed by atoms with Crippen LogP contribution < -0.4 is 10.2 Å². The van der Waals surface area contributed by atoms with Crippen molar-refractivity contribution in [2.24, 2.45) is 0 Å². The van der Waals surface area contributed by atoms with Crippen LogP contribution in [-0.4, -0.2) is 38.9 Å². The summed E-state index contributed by atoms with van der Waals surface area (Å²) in [5, 5.41) is 12.7. The quantitative estimate of drug-likeness (QED) is 0.476. The zero-order chi connectivity index (χ0) is 22.6. The molecule has 1 aliphatic heterocycles. The molecule has 3 aromatic rings. The summed E-state index contributed by atoms with van der Waals surface area (Å²) in [6, 6.07) is 17.8. The van der Waals surface area contributed by atoms with Gasteiger partial charge in [-0.2, -0.15) is 0 Å². The van der Waals surface area contributed by atoms with Crippen LogP contribution >= 0.6 is 11.8 Å². The lowest BCUT2D eigenvalue weighted by atomic mass is 10.2. The number of aromatic nitrogens is 3. The van der Waals surface area contributed by atoms with Crippen molar-refractivity contribution in [1.29, 1.82) is 0 Å². The van der Waals surface area contributed by atoms with E-state index in [0.717, 1.165) is 41.9 Å². The van der Waals surface area contributed by atoms with Gasteiger partial charge in [-0.25, -0.2) is 0 Å². The molecular formula is C25H27N5O2S. The first-order valence-corrected chi connectivity index (χ1v) is 12.5. The van der Waals surface area contributed by atoms with Crippen molar-refractivity contribution in [2.45, 2.75) is 49.7 Å². The Labute approximate surface area is 197 Å². The zero-order valence-electron chi connectivity index (χ0n) is 18.4. The average Bonchev–Trinajstić information content (AvgIpc) is 3.47. The summed E-state index contributed by atoms with van der Waals surface area (Å²) in [7, 11) is 0. The lowest BCUT2D eigenvalue weighted by molar-refractivity contribution is -0.117. The summed E-state index contributed by atoms with van der Waals surface area (Å²) in [4.78, 5) is 26.1. The number of anilines is 2. The van der Waals surface area contributed by atoms with E-state index >= 15 is 0 Å². The van der Waals surface area contributed by atoms with Crippen molar-refractivity contribution < 1.29 is 9.59 Å². The van der Waals surface area contributed by atoms with E-state index in [1.54, 1.807) is 16.7 Å². The van der Waals surface area contributed by atoms with Crippen LogP contribution in [0.1, 0.15) is 49.4 Å². The smallest absolute Gasteiger partial charge is 0.227 e. The van der Waals surface area contributed by atoms with Crippen LogP contribution in [0.3, 0.4) is 0 Å². The highest BCUT2D eigenvalue weighted by molar-refractivity contribution is 7.99. The number of amides is 2. The molecule has 1 saturated heterocycles. The molecule has 2 aromatic carbocycles. The molecule has 170 valence electrons. The molecule has 5 rings (SSSR count). The normalized spacial score (nSPS) is 15.8. The van der Waals surface area contributed by atoms with Gasteiger partial charge in [-0.3, -0.25) is 9.59 Å². The highest BCUT2D eigenvalue weighted by Gasteiger charge is 2.30. The van der Waals surface area contributed by atoms with E-state index < -0.39 is 0 Å². The maximum atomic E-state index is 12.5. The number of carbonyl (C=O) groups is 2. The van der Waals surface area contributed by atoms with Crippen LogP contribution in [-0.2, 0) is 16.1 Å². The maximum Gasteiger partial charge on any atom is 0.227 e. The number of hydrogen-bond donors (Lipinski definition) is 1. The van der Waals surface area contributed by atoms with Crippen LogP contribution in [0.4, 0.5) is 11.4 Å². The number of nitrogens with zero attached hydrogens (tertiary/aromatic N) is 4. The number of benzene rings is 2. The third-order valence-corrected chi connectivity index (χ3v) is 6.94. The summed E-state index contributed by atoms with van der Waals surface area (Å²) in [6.07, 6.45) is 4.23. The van der Waals surface area contributed by atoms with Crippen LogP contribution in [0.15, 0.2) is 59.8 Å².